The van der Waals surface area contributed by atoms with Crippen LogP contribution in [-0.2, 0) is 4.79 Å². The second kappa shape index (κ2) is 10.5. The van der Waals surface area contributed by atoms with Crippen molar-refractivity contribution in [3.05, 3.63) is 70.6 Å². The van der Waals surface area contributed by atoms with Crippen LogP contribution in [0.2, 0.25) is 10.0 Å². The van der Waals surface area contributed by atoms with Gasteiger partial charge < -0.3 is 24.1 Å². The molecular formula is C27H28Cl2N3O4+. The van der Waals surface area contributed by atoms with Gasteiger partial charge in [0.15, 0.2) is 5.75 Å². The highest BCUT2D eigenvalue weighted by molar-refractivity contribution is 6.42. The van der Waals surface area contributed by atoms with Crippen LogP contribution in [0.4, 0.5) is 5.69 Å². The van der Waals surface area contributed by atoms with Gasteiger partial charge in [0.25, 0.3) is 11.6 Å². The second-order valence-electron chi connectivity index (χ2n) is 9.19. The maximum atomic E-state index is 13.6. The second-order valence-corrected chi connectivity index (χ2v) is 10.0. The van der Waals surface area contributed by atoms with Crippen LogP contribution in [-0.4, -0.2) is 71.1 Å². The summed E-state index contributed by atoms with van der Waals surface area (Å²) in [6, 6.07) is 13.2. The average molecular weight is 529 g/mol. The summed E-state index contributed by atoms with van der Waals surface area (Å²) in [5.74, 6) is 0.276. The van der Waals surface area contributed by atoms with E-state index in [-0.39, 0.29) is 31.0 Å². The molecule has 3 aromatic rings. The molecule has 1 aromatic heterocycles. The predicted octanol–water partition coefficient (Wildman–Crippen LogP) is 5.54. The fourth-order valence-corrected chi connectivity index (χ4v) is 5.13. The summed E-state index contributed by atoms with van der Waals surface area (Å²) in [5.41, 5.74) is 3.58. The maximum absolute atomic E-state index is 13.6. The SMILES string of the molecule is CN(C(=O)C[N+]1=C(O)COc2cc(Cl)c(Cl)cc21)C(CN1CCCC1)c1cccc(-c2ccoc2)c1. The van der Waals surface area contributed by atoms with Gasteiger partial charge in [-0.1, -0.05) is 41.4 Å². The average Bonchev–Trinajstić information content (AvgIpc) is 3.60. The molecule has 2 aromatic carbocycles. The van der Waals surface area contributed by atoms with Crippen molar-refractivity contribution >= 4 is 40.7 Å². The molecule has 1 N–H and O–H groups in total. The third kappa shape index (κ3) is 5.09. The molecule has 2 aliphatic heterocycles. The Morgan fingerprint density at radius 2 is 1.92 bits per heavy atom. The Bertz CT molecular complexity index is 1290. The topological polar surface area (TPSA) is 69.2 Å². The van der Waals surface area contributed by atoms with Crippen molar-refractivity contribution in [2.45, 2.75) is 18.9 Å². The molecule has 1 unspecified atom stereocenters. The number of amides is 1. The van der Waals surface area contributed by atoms with E-state index in [1.165, 1.54) is 4.58 Å². The number of hydrogen-bond donors (Lipinski definition) is 1. The Kier molecular flexibility index (Phi) is 7.23. The number of hydrogen-bond acceptors (Lipinski definition) is 4. The molecule has 0 aliphatic carbocycles. The normalized spacial score (nSPS) is 16.5. The van der Waals surface area contributed by atoms with Crippen LogP contribution in [0.3, 0.4) is 0 Å². The number of nitrogens with zero attached hydrogens (tertiary/aromatic N) is 3. The van der Waals surface area contributed by atoms with Crippen LogP contribution in [0, 0.1) is 0 Å². The molecule has 0 radical (unpaired) electrons. The lowest BCUT2D eigenvalue weighted by Gasteiger charge is -2.32. The number of likely N-dealkylation sites (tertiary alicyclic amines) is 1. The van der Waals surface area contributed by atoms with E-state index in [1.807, 2.05) is 25.2 Å². The quantitative estimate of drug-likeness (QED) is 0.407. The number of rotatable bonds is 7. The van der Waals surface area contributed by atoms with Crippen LogP contribution >= 0.6 is 23.2 Å². The lowest BCUT2D eigenvalue weighted by molar-refractivity contribution is -0.445. The van der Waals surface area contributed by atoms with Crippen LogP contribution in [0.1, 0.15) is 24.4 Å². The number of likely N-dealkylation sites (N-methyl/N-ethyl adjacent to an activating group) is 1. The number of fused-ring (bicyclic) bond motifs is 1. The molecule has 1 amide bonds. The van der Waals surface area contributed by atoms with Gasteiger partial charge in [-0.25, -0.2) is 0 Å². The predicted molar refractivity (Wildman–Crippen MR) is 140 cm³/mol. The number of carbonyl (C=O) groups is 1. The van der Waals surface area contributed by atoms with Gasteiger partial charge in [-0.15, -0.1) is 4.58 Å². The Hall–Kier alpha value is -3.00. The monoisotopic (exact) mass is 528 g/mol. The van der Waals surface area contributed by atoms with Gasteiger partial charge in [-0.3, -0.25) is 4.79 Å². The first-order valence-electron chi connectivity index (χ1n) is 12.0. The summed E-state index contributed by atoms with van der Waals surface area (Å²) in [4.78, 5) is 17.8. The first-order valence-corrected chi connectivity index (χ1v) is 12.7. The van der Waals surface area contributed by atoms with Crippen LogP contribution in [0.25, 0.3) is 11.1 Å². The first kappa shape index (κ1) is 24.7. The van der Waals surface area contributed by atoms with E-state index in [4.69, 9.17) is 32.4 Å². The number of carbonyl (C=O) groups excluding carboxylic acids is 1. The standard InChI is InChI=1S/C27H27Cl2N3O4/c1-30(26(33)15-32-23-12-21(28)22(29)13-25(23)36-17-27(32)34)24(14-31-8-2-3-9-31)19-6-4-5-18(11-19)20-7-10-35-16-20/h4-7,10-13,16,24H,2-3,8-9,14-15,17H2,1H3/p+1. The molecule has 0 saturated carbocycles. The van der Waals surface area contributed by atoms with Gasteiger partial charge in [0, 0.05) is 31.3 Å². The number of aliphatic hydroxyl groups excluding tert-OH is 1. The lowest BCUT2D eigenvalue weighted by atomic mass is 9.99. The van der Waals surface area contributed by atoms with Crippen molar-refractivity contribution < 1.29 is 23.6 Å². The molecule has 5 rings (SSSR count). The zero-order chi connectivity index (χ0) is 25.2. The van der Waals surface area contributed by atoms with Crippen molar-refractivity contribution in [3.8, 4) is 16.9 Å². The molecule has 36 heavy (non-hydrogen) atoms. The van der Waals surface area contributed by atoms with Crippen molar-refractivity contribution in [2.75, 3.05) is 39.8 Å². The zero-order valence-electron chi connectivity index (χ0n) is 20.0. The summed E-state index contributed by atoms with van der Waals surface area (Å²) in [7, 11) is 1.82. The third-order valence-corrected chi connectivity index (χ3v) is 7.59. The van der Waals surface area contributed by atoms with E-state index in [2.05, 4.69) is 17.0 Å². The van der Waals surface area contributed by atoms with Crippen molar-refractivity contribution in [2.24, 2.45) is 0 Å². The molecular weight excluding hydrogens is 501 g/mol. The van der Waals surface area contributed by atoms with Gasteiger partial charge in [0.1, 0.15) is 0 Å². The summed E-state index contributed by atoms with van der Waals surface area (Å²) in [6.07, 6.45) is 5.70. The van der Waals surface area contributed by atoms with Gasteiger partial charge in [0.2, 0.25) is 13.2 Å². The fourth-order valence-electron chi connectivity index (χ4n) is 4.82. The van der Waals surface area contributed by atoms with Gasteiger partial charge in [-0.2, -0.15) is 0 Å². The Labute approximate surface area is 220 Å². The highest BCUT2D eigenvalue weighted by Gasteiger charge is 2.34. The minimum atomic E-state index is -0.168. The first-order chi connectivity index (χ1) is 17.4. The largest absolute Gasteiger partial charge is 0.472 e. The molecule has 188 valence electrons. The van der Waals surface area contributed by atoms with Crippen molar-refractivity contribution in [1.82, 2.24) is 9.80 Å². The van der Waals surface area contributed by atoms with Crippen molar-refractivity contribution in [3.63, 3.8) is 0 Å². The van der Waals surface area contributed by atoms with E-state index in [0.29, 0.717) is 21.5 Å². The summed E-state index contributed by atoms with van der Waals surface area (Å²) in [5, 5.41) is 11.3. The van der Waals surface area contributed by atoms with E-state index in [0.717, 1.165) is 49.2 Å². The smallest absolute Gasteiger partial charge is 0.379 e. The van der Waals surface area contributed by atoms with E-state index in [9.17, 15) is 9.90 Å². The molecule has 7 nitrogen and oxygen atoms in total. The van der Waals surface area contributed by atoms with E-state index >= 15 is 0 Å². The summed E-state index contributed by atoms with van der Waals surface area (Å²) < 4.78 is 12.4. The van der Waals surface area contributed by atoms with E-state index in [1.54, 1.807) is 29.6 Å². The molecule has 1 fully saturated rings. The highest BCUT2D eigenvalue weighted by atomic mass is 35.5. The minimum absolute atomic E-state index is 0.0497. The van der Waals surface area contributed by atoms with Crippen molar-refractivity contribution in [1.29, 1.82) is 0 Å². The van der Waals surface area contributed by atoms with Crippen LogP contribution in [0.5, 0.6) is 5.75 Å². The summed E-state index contributed by atoms with van der Waals surface area (Å²) >= 11 is 12.4. The van der Waals surface area contributed by atoms with Crippen LogP contribution in [0.15, 0.2) is 59.4 Å². The van der Waals surface area contributed by atoms with Crippen LogP contribution < -0.4 is 4.74 Å². The fraction of sp³-hybridized carbons (Fsp3) is 0.333. The molecule has 1 saturated heterocycles. The number of furan rings is 1. The van der Waals surface area contributed by atoms with Gasteiger partial charge in [-0.05, 0) is 49.2 Å². The lowest BCUT2D eigenvalue weighted by Crippen LogP contribution is -2.42. The minimum Gasteiger partial charge on any atom is -0.472 e. The zero-order valence-corrected chi connectivity index (χ0v) is 21.5. The molecule has 1 atom stereocenters. The molecule has 9 heteroatoms. The molecule has 3 heterocycles. The highest BCUT2D eigenvalue weighted by Crippen LogP contribution is 2.38. The molecule has 0 bridgehead atoms. The number of ether oxygens (including phenoxy) is 1. The summed E-state index contributed by atoms with van der Waals surface area (Å²) in [6.45, 7) is 2.66. The van der Waals surface area contributed by atoms with Gasteiger partial charge >= 0.3 is 5.90 Å². The third-order valence-electron chi connectivity index (χ3n) is 6.87. The molecule has 2 aliphatic rings. The maximum Gasteiger partial charge on any atom is 0.379 e. The number of benzene rings is 2. The van der Waals surface area contributed by atoms with E-state index < -0.39 is 0 Å². The number of halogens is 2. The van der Waals surface area contributed by atoms with Gasteiger partial charge in [0.05, 0.1) is 28.6 Å². The Morgan fingerprint density at radius 1 is 1.14 bits per heavy atom. The Morgan fingerprint density at radius 3 is 2.67 bits per heavy atom. The Balaban J connectivity index is 1.43. The number of aliphatic hydroxyl groups is 1. The molecule has 0 spiro atoms.